The van der Waals surface area contributed by atoms with Gasteiger partial charge in [-0.2, -0.15) is 0 Å². The molecule has 0 saturated carbocycles. The van der Waals surface area contributed by atoms with E-state index in [4.69, 9.17) is 5.11 Å². The fourth-order valence-electron chi connectivity index (χ4n) is 1.66. The van der Waals surface area contributed by atoms with E-state index in [1.165, 1.54) is 4.88 Å². The monoisotopic (exact) mass is 284 g/mol. The van der Waals surface area contributed by atoms with Crippen molar-refractivity contribution in [2.75, 3.05) is 6.54 Å². The molecule has 1 heterocycles. The van der Waals surface area contributed by atoms with Crippen LogP contribution in [0.1, 0.15) is 31.1 Å². The Hall–Kier alpha value is -1.56. The topological polar surface area (TPSA) is 78.4 Å². The quantitative estimate of drug-likeness (QED) is 0.685. The number of urea groups is 1. The molecule has 0 aliphatic carbocycles. The molecule has 1 unspecified atom stereocenters. The van der Waals surface area contributed by atoms with Crippen LogP contribution in [0.4, 0.5) is 4.79 Å². The molecule has 0 aliphatic rings. The van der Waals surface area contributed by atoms with Gasteiger partial charge < -0.3 is 15.7 Å². The highest BCUT2D eigenvalue weighted by Gasteiger charge is 2.07. The van der Waals surface area contributed by atoms with Gasteiger partial charge in [0.2, 0.25) is 0 Å². The van der Waals surface area contributed by atoms with Gasteiger partial charge >= 0.3 is 12.0 Å². The Morgan fingerprint density at radius 1 is 1.47 bits per heavy atom. The van der Waals surface area contributed by atoms with Crippen molar-refractivity contribution in [2.45, 2.75) is 38.6 Å². The Kier molecular flexibility index (Phi) is 6.95. The minimum absolute atomic E-state index is 0.0129. The Morgan fingerprint density at radius 2 is 2.26 bits per heavy atom. The SMILES string of the molecule is CC(CCCC(=O)O)NC(=O)NCCc1cccs1. The van der Waals surface area contributed by atoms with Crippen molar-refractivity contribution in [3.63, 3.8) is 0 Å². The second-order valence-corrected chi connectivity index (χ2v) is 5.45. The number of rotatable bonds is 8. The molecule has 6 heteroatoms. The zero-order chi connectivity index (χ0) is 14.1. The van der Waals surface area contributed by atoms with Crippen molar-refractivity contribution in [1.29, 1.82) is 0 Å². The first kappa shape index (κ1) is 15.5. The highest BCUT2D eigenvalue weighted by molar-refractivity contribution is 7.09. The normalized spacial score (nSPS) is 11.8. The number of nitrogens with one attached hydrogen (secondary N) is 2. The van der Waals surface area contributed by atoms with Crippen molar-refractivity contribution < 1.29 is 14.7 Å². The van der Waals surface area contributed by atoms with E-state index < -0.39 is 5.97 Å². The van der Waals surface area contributed by atoms with Crippen LogP contribution < -0.4 is 10.6 Å². The van der Waals surface area contributed by atoms with Crippen LogP contribution in [-0.4, -0.2) is 29.7 Å². The van der Waals surface area contributed by atoms with E-state index in [9.17, 15) is 9.59 Å². The molecule has 3 N–H and O–H groups in total. The minimum atomic E-state index is -0.799. The maximum Gasteiger partial charge on any atom is 0.315 e. The number of aliphatic carboxylic acids is 1. The Morgan fingerprint density at radius 3 is 2.89 bits per heavy atom. The van der Waals surface area contributed by atoms with Gasteiger partial charge in [0.15, 0.2) is 0 Å². The third kappa shape index (κ3) is 7.46. The largest absolute Gasteiger partial charge is 0.481 e. The van der Waals surface area contributed by atoms with Crippen LogP contribution in [-0.2, 0) is 11.2 Å². The number of thiophene rings is 1. The van der Waals surface area contributed by atoms with E-state index in [2.05, 4.69) is 10.6 Å². The van der Waals surface area contributed by atoms with Crippen LogP contribution in [0.25, 0.3) is 0 Å². The van der Waals surface area contributed by atoms with Gasteiger partial charge in [-0.15, -0.1) is 11.3 Å². The maximum atomic E-state index is 11.5. The highest BCUT2D eigenvalue weighted by atomic mass is 32.1. The fourth-order valence-corrected chi connectivity index (χ4v) is 2.37. The van der Waals surface area contributed by atoms with Crippen LogP contribution in [0.2, 0.25) is 0 Å². The summed E-state index contributed by atoms with van der Waals surface area (Å²) in [5.41, 5.74) is 0. The molecule has 0 bridgehead atoms. The van der Waals surface area contributed by atoms with Gasteiger partial charge in [-0.05, 0) is 37.6 Å². The number of carboxylic acid groups (broad SMARTS) is 1. The standard InChI is InChI=1S/C13H20N2O3S/c1-10(4-2-6-12(16)17)15-13(18)14-8-7-11-5-3-9-19-11/h3,5,9-10H,2,4,6-8H2,1H3,(H,16,17)(H2,14,15,18). The number of carboxylic acids is 1. The number of carbonyl (C=O) groups is 2. The van der Waals surface area contributed by atoms with Crippen LogP contribution in [0.5, 0.6) is 0 Å². The van der Waals surface area contributed by atoms with Gasteiger partial charge in [0.1, 0.15) is 0 Å². The van der Waals surface area contributed by atoms with Crippen molar-refractivity contribution >= 4 is 23.3 Å². The molecule has 1 aromatic heterocycles. The van der Waals surface area contributed by atoms with Crippen LogP contribution in [0.3, 0.4) is 0 Å². The molecule has 1 aromatic rings. The third-order valence-electron chi connectivity index (χ3n) is 2.64. The molecular weight excluding hydrogens is 264 g/mol. The average Bonchev–Trinajstić information content (AvgIpc) is 2.81. The molecule has 0 saturated heterocycles. The summed E-state index contributed by atoms with van der Waals surface area (Å²) in [6.07, 6.45) is 2.22. The molecule has 2 amide bonds. The predicted molar refractivity (Wildman–Crippen MR) is 75.5 cm³/mol. The lowest BCUT2D eigenvalue weighted by molar-refractivity contribution is -0.137. The van der Waals surface area contributed by atoms with E-state index in [0.717, 1.165) is 6.42 Å². The Balaban J connectivity index is 2.07. The predicted octanol–water partition coefficient (Wildman–Crippen LogP) is 2.23. The first-order chi connectivity index (χ1) is 9.08. The molecule has 5 nitrogen and oxygen atoms in total. The zero-order valence-corrected chi connectivity index (χ0v) is 11.8. The van der Waals surface area contributed by atoms with Crippen molar-refractivity contribution in [1.82, 2.24) is 10.6 Å². The molecule has 0 aliphatic heterocycles. The summed E-state index contributed by atoms with van der Waals surface area (Å²) >= 11 is 1.67. The highest BCUT2D eigenvalue weighted by Crippen LogP contribution is 2.08. The van der Waals surface area contributed by atoms with Crippen molar-refractivity contribution in [3.05, 3.63) is 22.4 Å². The number of carbonyl (C=O) groups excluding carboxylic acids is 1. The molecule has 106 valence electrons. The average molecular weight is 284 g/mol. The number of amides is 2. The molecule has 1 atom stereocenters. The van der Waals surface area contributed by atoms with E-state index in [0.29, 0.717) is 19.4 Å². The summed E-state index contributed by atoms with van der Waals surface area (Å²) in [4.78, 5) is 23.1. The molecule has 0 radical (unpaired) electrons. The summed E-state index contributed by atoms with van der Waals surface area (Å²) in [5.74, 6) is -0.799. The Labute approximate surface area is 117 Å². The summed E-state index contributed by atoms with van der Waals surface area (Å²) in [5, 5.41) is 16.1. The van der Waals surface area contributed by atoms with Gasteiger partial charge in [0, 0.05) is 23.9 Å². The lowest BCUT2D eigenvalue weighted by Gasteiger charge is -2.13. The van der Waals surface area contributed by atoms with Gasteiger partial charge in [-0.1, -0.05) is 6.07 Å². The minimum Gasteiger partial charge on any atom is -0.481 e. The third-order valence-corrected chi connectivity index (χ3v) is 3.58. The van der Waals surface area contributed by atoms with Crippen LogP contribution in [0, 0.1) is 0 Å². The van der Waals surface area contributed by atoms with Crippen LogP contribution >= 0.6 is 11.3 Å². The van der Waals surface area contributed by atoms with Gasteiger partial charge in [-0.25, -0.2) is 4.79 Å². The lowest BCUT2D eigenvalue weighted by atomic mass is 10.1. The first-order valence-corrected chi connectivity index (χ1v) is 7.24. The molecule has 0 fully saturated rings. The van der Waals surface area contributed by atoms with E-state index in [1.54, 1.807) is 11.3 Å². The van der Waals surface area contributed by atoms with E-state index in [1.807, 2.05) is 24.4 Å². The Bertz CT molecular complexity index is 393. The summed E-state index contributed by atoms with van der Waals surface area (Å²) in [7, 11) is 0. The second kappa shape index (κ2) is 8.53. The molecule has 0 spiro atoms. The molecular formula is C13H20N2O3S. The zero-order valence-electron chi connectivity index (χ0n) is 11.0. The van der Waals surface area contributed by atoms with E-state index in [-0.39, 0.29) is 18.5 Å². The van der Waals surface area contributed by atoms with Gasteiger partial charge in [0.25, 0.3) is 0 Å². The second-order valence-electron chi connectivity index (χ2n) is 4.42. The smallest absolute Gasteiger partial charge is 0.315 e. The van der Waals surface area contributed by atoms with Crippen LogP contribution in [0.15, 0.2) is 17.5 Å². The fraction of sp³-hybridized carbons (Fsp3) is 0.538. The van der Waals surface area contributed by atoms with Crippen molar-refractivity contribution in [2.24, 2.45) is 0 Å². The number of hydrogen-bond donors (Lipinski definition) is 3. The van der Waals surface area contributed by atoms with E-state index >= 15 is 0 Å². The summed E-state index contributed by atoms with van der Waals surface area (Å²) in [6, 6.07) is 3.82. The van der Waals surface area contributed by atoms with Gasteiger partial charge in [0.05, 0.1) is 0 Å². The first-order valence-electron chi connectivity index (χ1n) is 6.36. The summed E-state index contributed by atoms with van der Waals surface area (Å²) in [6.45, 7) is 2.48. The molecule has 1 rings (SSSR count). The van der Waals surface area contributed by atoms with Crippen molar-refractivity contribution in [3.8, 4) is 0 Å². The maximum absolute atomic E-state index is 11.5. The molecule has 19 heavy (non-hydrogen) atoms. The lowest BCUT2D eigenvalue weighted by Crippen LogP contribution is -2.41. The number of hydrogen-bond acceptors (Lipinski definition) is 3. The summed E-state index contributed by atoms with van der Waals surface area (Å²) < 4.78 is 0. The van der Waals surface area contributed by atoms with Gasteiger partial charge in [-0.3, -0.25) is 4.79 Å². The molecule has 0 aromatic carbocycles.